The fraction of sp³-hybridized carbons (Fsp3) is 0.667. The third-order valence-electron chi connectivity index (χ3n) is 6.87. The monoisotopic (exact) mass is 478 g/mol. The summed E-state index contributed by atoms with van der Waals surface area (Å²) in [5, 5.41) is 0. The smallest absolute Gasteiger partial charge is 0.309 e. The maximum Gasteiger partial charge on any atom is 0.309 e. The van der Waals surface area contributed by atoms with Crippen molar-refractivity contribution in [3.8, 4) is 0 Å². The highest BCUT2D eigenvalue weighted by Gasteiger charge is 2.36. The van der Waals surface area contributed by atoms with Gasteiger partial charge in [-0.3, -0.25) is 9.59 Å². The molecule has 4 rings (SSSR count). The number of aryl methyl sites for hydroxylation is 2. The molecular formula is C24H34N2O6S. The van der Waals surface area contributed by atoms with Crippen LogP contribution in [0, 0.1) is 5.92 Å². The molecule has 3 aliphatic rings. The number of carbonyl (C=O) groups is 2. The van der Waals surface area contributed by atoms with Gasteiger partial charge in [-0.05, 0) is 76.1 Å². The number of ether oxygens (including phenoxy) is 2. The Bertz CT molecular complexity index is 992. The van der Waals surface area contributed by atoms with Crippen molar-refractivity contribution >= 4 is 21.9 Å². The fourth-order valence-electron chi connectivity index (χ4n) is 5.13. The number of rotatable bonds is 5. The molecule has 1 aromatic rings. The van der Waals surface area contributed by atoms with Crippen LogP contribution in [-0.4, -0.2) is 74.0 Å². The largest absolute Gasteiger partial charge is 0.452 e. The van der Waals surface area contributed by atoms with E-state index < -0.39 is 28.0 Å². The summed E-state index contributed by atoms with van der Waals surface area (Å²) in [6, 6.07) is 5.42. The average Bonchev–Trinajstić information content (AvgIpc) is 3.26. The molecule has 2 aliphatic heterocycles. The molecule has 2 heterocycles. The number of amides is 1. The van der Waals surface area contributed by atoms with E-state index in [9.17, 15) is 18.0 Å². The summed E-state index contributed by atoms with van der Waals surface area (Å²) < 4.78 is 38.8. The van der Waals surface area contributed by atoms with E-state index in [4.69, 9.17) is 9.47 Å². The maximum atomic E-state index is 13.1. The lowest BCUT2D eigenvalue weighted by molar-refractivity contribution is -0.167. The van der Waals surface area contributed by atoms with Gasteiger partial charge in [0.1, 0.15) is 0 Å². The van der Waals surface area contributed by atoms with Crippen molar-refractivity contribution in [1.29, 1.82) is 0 Å². The summed E-state index contributed by atoms with van der Waals surface area (Å²) in [5.41, 5.74) is 2.36. The topological polar surface area (TPSA) is 93.2 Å². The van der Waals surface area contributed by atoms with Crippen LogP contribution in [-0.2, 0) is 41.9 Å². The molecule has 1 aromatic carbocycles. The predicted molar refractivity (Wildman–Crippen MR) is 122 cm³/mol. The molecule has 8 nitrogen and oxygen atoms in total. The number of morpholine rings is 1. The minimum absolute atomic E-state index is 0.0578. The number of piperidine rings is 1. The molecule has 0 N–H and O–H groups in total. The van der Waals surface area contributed by atoms with E-state index in [2.05, 4.69) is 0 Å². The van der Waals surface area contributed by atoms with E-state index in [1.165, 1.54) is 9.87 Å². The number of fused-ring (bicyclic) bond motifs is 1. The van der Waals surface area contributed by atoms with Crippen LogP contribution in [0.4, 0.5) is 0 Å². The summed E-state index contributed by atoms with van der Waals surface area (Å²) in [6.45, 7) is 6.90. The quantitative estimate of drug-likeness (QED) is 0.602. The molecule has 9 heteroatoms. The maximum absolute atomic E-state index is 13.1. The SMILES string of the molecule is CC1CN(C(=O)C(C)OC(=O)C2CCN(S(=O)(=O)c3ccc4c(c3)CCC4)CC2)CC(C)O1. The van der Waals surface area contributed by atoms with Gasteiger partial charge < -0.3 is 14.4 Å². The van der Waals surface area contributed by atoms with Gasteiger partial charge >= 0.3 is 5.97 Å². The zero-order valence-electron chi connectivity index (χ0n) is 19.7. The standard InChI is InChI=1S/C24H34N2O6S/c1-16-14-25(15-17(2)31-16)23(27)18(3)32-24(28)20-9-11-26(12-10-20)33(29,30)22-8-7-19-5-4-6-21(19)13-22/h7-8,13,16-18,20H,4-6,9-12,14-15H2,1-3H3. The second-order valence-electron chi connectivity index (χ2n) is 9.54. The number of hydrogen-bond donors (Lipinski definition) is 0. The van der Waals surface area contributed by atoms with Gasteiger partial charge in [0.2, 0.25) is 10.0 Å². The highest BCUT2D eigenvalue weighted by atomic mass is 32.2. The first kappa shape index (κ1) is 24.2. The van der Waals surface area contributed by atoms with Crippen LogP contribution < -0.4 is 0 Å². The van der Waals surface area contributed by atoms with Crippen molar-refractivity contribution in [2.24, 2.45) is 5.92 Å². The molecule has 0 saturated carbocycles. The fourth-order valence-corrected chi connectivity index (χ4v) is 6.65. The van der Waals surface area contributed by atoms with E-state index >= 15 is 0 Å². The van der Waals surface area contributed by atoms with Crippen LogP contribution in [0.25, 0.3) is 0 Å². The van der Waals surface area contributed by atoms with Crippen molar-refractivity contribution in [1.82, 2.24) is 9.21 Å². The Morgan fingerprint density at radius 1 is 1.06 bits per heavy atom. The number of hydrogen-bond acceptors (Lipinski definition) is 6. The van der Waals surface area contributed by atoms with Crippen LogP contribution in [0.2, 0.25) is 0 Å². The number of carbonyl (C=O) groups excluding carboxylic acids is 2. The molecule has 0 bridgehead atoms. The predicted octanol–water partition coefficient (Wildman–Crippen LogP) is 2.14. The molecule has 2 fully saturated rings. The summed E-state index contributed by atoms with van der Waals surface area (Å²) in [5.74, 6) is -1.06. The lowest BCUT2D eigenvalue weighted by atomic mass is 9.98. The first-order valence-electron chi connectivity index (χ1n) is 11.9. The third kappa shape index (κ3) is 5.25. The van der Waals surface area contributed by atoms with Gasteiger partial charge in [-0.2, -0.15) is 4.31 Å². The summed E-state index contributed by atoms with van der Waals surface area (Å²) in [6.07, 6.45) is 2.78. The molecule has 1 amide bonds. The Morgan fingerprint density at radius 3 is 2.36 bits per heavy atom. The molecule has 33 heavy (non-hydrogen) atoms. The molecule has 0 aromatic heterocycles. The van der Waals surface area contributed by atoms with E-state index in [1.54, 1.807) is 24.0 Å². The van der Waals surface area contributed by atoms with E-state index in [0.717, 1.165) is 24.8 Å². The zero-order chi connectivity index (χ0) is 23.8. The number of esters is 1. The van der Waals surface area contributed by atoms with Crippen molar-refractivity contribution in [2.75, 3.05) is 26.2 Å². The normalized spacial score (nSPS) is 25.5. The van der Waals surface area contributed by atoms with Crippen LogP contribution in [0.15, 0.2) is 23.1 Å². The summed E-state index contributed by atoms with van der Waals surface area (Å²) >= 11 is 0. The minimum Gasteiger partial charge on any atom is -0.452 e. The average molecular weight is 479 g/mol. The molecule has 0 radical (unpaired) electrons. The zero-order valence-corrected chi connectivity index (χ0v) is 20.5. The lowest BCUT2D eigenvalue weighted by Gasteiger charge is -2.36. The van der Waals surface area contributed by atoms with Crippen molar-refractivity contribution in [2.45, 2.75) is 76.1 Å². The number of benzene rings is 1. The molecule has 182 valence electrons. The van der Waals surface area contributed by atoms with Crippen molar-refractivity contribution in [3.63, 3.8) is 0 Å². The Hall–Kier alpha value is -1.97. The number of sulfonamides is 1. The van der Waals surface area contributed by atoms with Crippen molar-refractivity contribution < 1.29 is 27.5 Å². The molecule has 3 unspecified atom stereocenters. The van der Waals surface area contributed by atoms with Gasteiger partial charge in [0.15, 0.2) is 6.10 Å². The lowest BCUT2D eigenvalue weighted by Crippen LogP contribution is -2.51. The highest BCUT2D eigenvalue weighted by molar-refractivity contribution is 7.89. The van der Waals surface area contributed by atoms with Gasteiger partial charge in [0, 0.05) is 26.2 Å². The molecule has 0 spiro atoms. The summed E-state index contributed by atoms with van der Waals surface area (Å²) in [4.78, 5) is 27.4. The molecule has 1 aliphatic carbocycles. The molecule has 3 atom stereocenters. The Balaban J connectivity index is 1.31. The Labute approximate surface area is 196 Å². The van der Waals surface area contributed by atoms with E-state index in [-0.39, 0.29) is 31.2 Å². The third-order valence-corrected chi connectivity index (χ3v) is 8.76. The molecular weight excluding hydrogens is 444 g/mol. The van der Waals surface area contributed by atoms with E-state index in [0.29, 0.717) is 30.8 Å². The van der Waals surface area contributed by atoms with Crippen molar-refractivity contribution in [3.05, 3.63) is 29.3 Å². The van der Waals surface area contributed by atoms with Gasteiger partial charge in [-0.15, -0.1) is 0 Å². The van der Waals surface area contributed by atoms with Crippen LogP contribution in [0.5, 0.6) is 0 Å². The van der Waals surface area contributed by atoms with Gasteiger partial charge in [-0.1, -0.05) is 6.07 Å². The number of nitrogens with zero attached hydrogens (tertiary/aromatic N) is 2. The van der Waals surface area contributed by atoms with Gasteiger partial charge in [0.25, 0.3) is 5.91 Å². The second-order valence-corrected chi connectivity index (χ2v) is 11.5. The van der Waals surface area contributed by atoms with Crippen LogP contribution in [0.1, 0.15) is 51.2 Å². The Kier molecular flexibility index (Phi) is 7.12. The van der Waals surface area contributed by atoms with Gasteiger partial charge in [0.05, 0.1) is 23.0 Å². The Morgan fingerprint density at radius 2 is 1.70 bits per heavy atom. The summed E-state index contributed by atoms with van der Waals surface area (Å²) in [7, 11) is -3.59. The van der Waals surface area contributed by atoms with Gasteiger partial charge in [-0.25, -0.2) is 8.42 Å². The minimum atomic E-state index is -3.59. The van der Waals surface area contributed by atoms with Crippen LogP contribution in [0.3, 0.4) is 0 Å². The van der Waals surface area contributed by atoms with Crippen LogP contribution >= 0.6 is 0 Å². The first-order chi connectivity index (χ1) is 15.6. The second kappa shape index (κ2) is 9.72. The highest BCUT2D eigenvalue weighted by Crippen LogP contribution is 2.29. The molecule has 2 saturated heterocycles. The first-order valence-corrected chi connectivity index (χ1v) is 13.4. The van der Waals surface area contributed by atoms with E-state index in [1.807, 2.05) is 19.9 Å².